The number of nitrogens with zero attached hydrogens (tertiary/aromatic N) is 1. The highest BCUT2D eigenvalue weighted by molar-refractivity contribution is 5.92. The van der Waals surface area contributed by atoms with Crippen LogP contribution in [-0.4, -0.2) is 36.1 Å². The standard InChI is InChI=1S/C14H19NO3/c1-4-15(5-2)14(17)9-7-11-6-8-12(18-3)10-13(11)16/h6-10,16H,4-5H2,1-3H3/b9-7+. The Morgan fingerprint density at radius 2 is 2.06 bits per heavy atom. The van der Waals surface area contributed by atoms with Gasteiger partial charge in [-0.25, -0.2) is 0 Å². The molecule has 0 aliphatic rings. The van der Waals surface area contributed by atoms with E-state index in [2.05, 4.69) is 0 Å². The molecule has 1 N–H and O–H groups in total. The van der Waals surface area contributed by atoms with Crippen molar-refractivity contribution in [3.05, 3.63) is 29.8 Å². The number of hydrogen-bond donors (Lipinski definition) is 1. The zero-order chi connectivity index (χ0) is 13.5. The molecule has 18 heavy (non-hydrogen) atoms. The number of amides is 1. The molecule has 0 aliphatic heterocycles. The fourth-order valence-corrected chi connectivity index (χ4v) is 1.59. The minimum atomic E-state index is -0.0600. The SMILES string of the molecule is CCN(CC)C(=O)/C=C/c1ccc(OC)cc1O. The summed E-state index contributed by atoms with van der Waals surface area (Å²) in [6, 6.07) is 4.96. The second-order valence-corrected chi connectivity index (χ2v) is 3.77. The molecule has 0 saturated carbocycles. The fraction of sp³-hybridized carbons (Fsp3) is 0.357. The summed E-state index contributed by atoms with van der Waals surface area (Å²) in [7, 11) is 1.54. The second-order valence-electron chi connectivity index (χ2n) is 3.77. The van der Waals surface area contributed by atoms with E-state index in [0.29, 0.717) is 24.4 Å². The highest BCUT2D eigenvalue weighted by atomic mass is 16.5. The lowest BCUT2D eigenvalue weighted by atomic mass is 10.1. The third-order valence-corrected chi connectivity index (χ3v) is 2.72. The molecule has 1 aromatic rings. The first kappa shape index (κ1) is 14.1. The van der Waals surface area contributed by atoms with Crippen molar-refractivity contribution in [3.8, 4) is 11.5 Å². The lowest BCUT2D eigenvalue weighted by molar-refractivity contribution is -0.125. The van der Waals surface area contributed by atoms with Crippen LogP contribution in [0, 0.1) is 0 Å². The Morgan fingerprint density at radius 1 is 1.39 bits per heavy atom. The molecule has 0 atom stereocenters. The van der Waals surface area contributed by atoms with Crippen LogP contribution in [0.4, 0.5) is 0 Å². The highest BCUT2D eigenvalue weighted by Gasteiger charge is 2.05. The van der Waals surface area contributed by atoms with Gasteiger partial charge in [0.05, 0.1) is 7.11 Å². The topological polar surface area (TPSA) is 49.8 Å². The van der Waals surface area contributed by atoms with Gasteiger partial charge in [-0.1, -0.05) is 0 Å². The molecule has 4 heteroatoms. The maximum Gasteiger partial charge on any atom is 0.246 e. The van der Waals surface area contributed by atoms with Crippen molar-refractivity contribution in [2.75, 3.05) is 20.2 Å². The number of carbonyl (C=O) groups is 1. The summed E-state index contributed by atoms with van der Waals surface area (Å²) in [5, 5.41) is 9.73. The summed E-state index contributed by atoms with van der Waals surface area (Å²) in [4.78, 5) is 13.5. The number of methoxy groups -OCH3 is 1. The largest absolute Gasteiger partial charge is 0.507 e. The van der Waals surface area contributed by atoms with Crippen LogP contribution in [-0.2, 0) is 4.79 Å². The average molecular weight is 249 g/mol. The Bertz CT molecular complexity index is 437. The Balaban J connectivity index is 2.81. The van der Waals surface area contributed by atoms with Gasteiger partial charge in [0.1, 0.15) is 11.5 Å². The molecule has 0 heterocycles. The molecule has 0 radical (unpaired) electrons. The van der Waals surface area contributed by atoms with Crippen molar-refractivity contribution in [3.63, 3.8) is 0 Å². The van der Waals surface area contributed by atoms with Crippen LogP contribution < -0.4 is 4.74 Å². The zero-order valence-corrected chi connectivity index (χ0v) is 11.0. The molecule has 1 amide bonds. The molecule has 0 bridgehead atoms. The van der Waals surface area contributed by atoms with Gasteiger partial charge in [-0.05, 0) is 32.1 Å². The molecular formula is C14H19NO3. The number of hydrogen-bond acceptors (Lipinski definition) is 3. The van der Waals surface area contributed by atoms with Crippen molar-refractivity contribution in [2.24, 2.45) is 0 Å². The minimum Gasteiger partial charge on any atom is -0.507 e. The van der Waals surface area contributed by atoms with E-state index in [9.17, 15) is 9.90 Å². The van der Waals surface area contributed by atoms with Crippen LogP contribution in [0.15, 0.2) is 24.3 Å². The number of aromatic hydroxyl groups is 1. The molecule has 4 nitrogen and oxygen atoms in total. The summed E-state index contributed by atoms with van der Waals surface area (Å²) >= 11 is 0. The molecule has 0 aliphatic carbocycles. The number of ether oxygens (including phenoxy) is 1. The molecule has 0 unspecified atom stereocenters. The molecular weight excluding hydrogens is 230 g/mol. The van der Waals surface area contributed by atoms with Gasteiger partial charge in [-0.15, -0.1) is 0 Å². The zero-order valence-electron chi connectivity index (χ0n) is 11.0. The second kappa shape index (κ2) is 6.69. The van der Waals surface area contributed by atoms with Crippen LogP contribution in [0.1, 0.15) is 19.4 Å². The number of rotatable bonds is 5. The highest BCUT2D eigenvalue weighted by Crippen LogP contribution is 2.24. The predicted molar refractivity (Wildman–Crippen MR) is 71.6 cm³/mol. The Hall–Kier alpha value is -1.97. The first-order chi connectivity index (χ1) is 8.62. The molecule has 98 valence electrons. The number of phenolic OH excluding ortho intramolecular Hbond substituents is 1. The van der Waals surface area contributed by atoms with E-state index in [0.717, 1.165) is 0 Å². The van der Waals surface area contributed by atoms with Crippen LogP contribution in [0.2, 0.25) is 0 Å². The Morgan fingerprint density at radius 3 is 2.56 bits per heavy atom. The van der Waals surface area contributed by atoms with E-state index in [1.165, 1.54) is 19.3 Å². The molecule has 1 aromatic carbocycles. The first-order valence-electron chi connectivity index (χ1n) is 5.96. The summed E-state index contributed by atoms with van der Waals surface area (Å²) in [5.41, 5.74) is 0.594. The van der Waals surface area contributed by atoms with Gasteiger partial charge >= 0.3 is 0 Å². The Labute approximate surface area is 107 Å². The normalized spacial score (nSPS) is 10.6. The van der Waals surface area contributed by atoms with E-state index in [-0.39, 0.29) is 11.7 Å². The summed E-state index contributed by atoms with van der Waals surface area (Å²) in [6.07, 6.45) is 3.07. The van der Waals surface area contributed by atoms with Crippen molar-refractivity contribution in [2.45, 2.75) is 13.8 Å². The molecule has 1 rings (SSSR count). The minimum absolute atomic E-state index is 0.0600. The van der Waals surface area contributed by atoms with Crippen LogP contribution in [0.3, 0.4) is 0 Å². The third kappa shape index (κ3) is 3.52. The average Bonchev–Trinajstić information content (AvgIpc) is 2.38. The molecule has 0 fully saturated rings. The third-order valence-electron chi connectivity index (χ3n) is 2.72. The molecule has 0 aromatic heterocycles. The van der Waals surface area contributed by atoms with Gasteiger partial charge in [-0.3, -0.25) is 4.79 Å². The van der Waals surface area contributed by atoms with Gasteiger partial charge in [-0.2, -0.15) is 0 Å². The lowest BCUT2D eigenvalue weighted by Gasteiger charge is -2.15. The van der Waals surface area contributed by atoms with Gasteiger partial charge < -0.3 is 14.7 Å². The predicted octanol–water partition coefficient (Wildman–Crippen LogP) is 2.28. The van der Waals surface area contributed by atoms with Crippen LogP contribution in [0.5, 0.6) is 11.5 Å². The summed E-state index contributed by atoms with van der Waals surface area (Å²) in [5.74, 6) is 0.618. The van der Waals surface area contributed by atoms with Crippen molar-refractivity contribution < 1.29 is 14.6 Å². The monoisotopic (exact) mass is 249 g/mol. The fourth-order valence-electron chi connectivity index (χ4n) is 1.59. The van der Waals surface area contributed by atoms with Gasteiger partial charge in [0.2, 0.25) is 5.91 Å². The summed E-state index contributed by atoms with van der Waals surface area (Å²) < 4.78 is 4.99. The number of carbonyl (C=O) groups excluding carboxylic acids is 1. The van der Waals surface area contributed by atoms with Gasteiger partial charge in [0.25, 0.3) is 0 Å². The van der Waals surface area contributed by atoms with Crippen LogP contribution >= 0.6 is 0 Å². The van der Waals surface area contributed by atoms with E-state index < -0.39 is 0 Å². The number of benzene rings is 1. The van der Waals surface area contributed by atoms with E-state index >= 15 is 0 Å². The number of likely N-dealkylation sites (N-methyl/N-ethyl adjacent to an activating group) is 1. The number of phenols is 1. The lowest BCUT2D eigenvalue weighted by Crippen LogP contribution is -2.28. The maximum absolute atomic E-state index is 11.7. The van der Waals surface area contributed by atoms with Gasteiger partial charge in [0.15, 0.2) is 0 Å². The van der Waals surface area contributed by atoms with Crippen LogP contribution in [0.25, 0.3) is 6.08 Å². The van der Waals surface area contributed by atoms with E-state index in [1.807, 2.05) is 13.8 Å². The van der Waals surface area contributed by atoms with Crippen molar-refractivity contribution in [1.82, 2.24) is 4.90 Å². The van der Waals surface area contributed by atoms with Crippen molar-refractivity contribution in [1.29, 1.82) is 0 Å². The molecule has 0 spiro atoms. The quantitative estimate of drug-likeness (QED) is 0.814. The van der Waals surface area contributed by atoms with E-state index in [1.54, 1.807) is 23.1 Å². The maximum atomic E-state index is 11.7. The van der Waals surface area contributed by atoms with Gasteiger partial charge in [0, 0.05) is 30.8 Å². The van der Waals surface area contributed by atoms with E-state index in [4.69, 9.17) is 4.74 Å². The smallest absolute Gasteiger partial charge is 0.246 e. The summed E-state index contributed by atoms with van der Waals surface area (Å²) in [6.45, 7) is 5.21. The Kier molecular flexibility index (Phi) is 5.24. The van der Waals surface area contributed by atoms with Crippen molar-refractivity contribution >= 4 is 12.0 Å². The molecule has 0 saturated heterocycles. The first-order valence-corrected chi connectivity index (χ1v) is 5.96.